The van der Waals surface area contributed by atoms with Gasteiger partial charge in [-0.1, -0.05) is 0 Å². The first-order valence-electron chi connectivity index (χ1n) is 6.08. The topological polar surface area (TPSA) is 42.1 Å². The average molecular weight is 267 g/mol. The molecule has 0 bridgehead atoms. The van der Waals surface area contributed by atoms with E-state index in [0.717, 1.165) is 10.9 Å². The Morgan fingerprint density at radius 1 is 1.32 bits per heavy atom. The number of hydrogen-bond acceptors (Lipinski definition) is 2. The minimum atomic E-state index is -2.30. The van der Waals surface area contributed by atoms with E-state index in [0.29, 0.717) is 24.1 Å². The number of ether oxygens (including phenoxy) is 1. The fourth-order valence-corrected chi connectivity index (χ4v) is 2.09. The Bertz CT molecular complexity index is 622. The van der Waals surface area contributed by atoms with E-state index < -0.39 is 6.43 Å². The van der Waals surface area contributed by atoms with Gasteiger partial charge in [0, 0.05) is 23.9 Å². The number of fused-ring (bicyclic) bond motifs is 1. The van der Waals surface area contributed by atoms with Crippen molar-refractivity contribution in [2.45, 2.75) is 25.7 Å². The summed E-state index contributed by atoms with van der Waals surface area (Å²) in [6, 6.07) is 6.83. The quantitative estimate of drug-likeness (QED) is 0.904. The first-order valence-corrected chi connectivity index (χ1v) is 6.08. The van der Waals surface area contributed by atoms with Crippen LogP contribution in [0.1, 0.15) is 18.4 Å². The summed E-state index contributed by atoms with van der Waals surface area (Å²) >= 11 is 0. The molecular formula is C14H15F2NO2. The lowest BCUT2D eigenvalue weighted by molar-refractivity contribution is 0.135. The number of aromatic amines is 1. The molecule has 0 saturated carbocycles. The summed E-state index contributed by atoms with van der Waals surface area (Å²) in [6.07, 6.45) is -1.61. The zero-order valence-corrected chi connectivity index (χ0v) is 10.6. The molecule has 1 N–H and O–H groups in total. The maximum Gasteiger partial charge on any atom is 0.248 e. The molecule has 5 heteroatoms. The largest absolute Gasteiger partial charge is 0.497 e. The van der Waals surface area contributed by atoms with Crippen LogP contribution in [0.3, 0.4) is 0 Å². The highest BCUT2D eigenvalue weighted by atomic mass is 19.3. The van der Waals surface area contributed by atoms with Crippen molar-refractivity contribution < 1.29 is 13.5 Å². The van der Waals surface area contributed by atoms with E-state index >= 15 is 0 Å². The van der Waals surface area contributed by atoms with Gasteiger partial charge in [0.05, 0.1) is 12.6 Å². The highest BCUT2D eigenvalue weighted by Crippen LogP contribution is 2.22. The van der Waals surface area contributed by atoms with Gasteiger partial charge in [0.2, 0.25) is 12.0 Å². The number of halogens is 2. The summed E-state index contributed by atoms with van der Waals surface area (Å²) in [7, 11) is 1.55. The van der Waals surface area contributed by atoms with Crippen molar-refractivity contribution in [3.05, 3.63) is 40.2 Å². The molecule has 1 heterocycles. The number of aromatic nitrogens is 1. The van der Waals surface area contributed by atoms with Crippen molar-refractivity contribution in [2.24, 2.45) is 0 Å². The number of alkyl halides is 2. The molecule has 19 heavy (non-hydrogen) atoms. The Kier molecular flexibility index (Phi) is 4.14. The van der Waals surface area contributed by atoms with Crippen LogP contribution in [0.15, 0.2) is 29.1 Å². The molecule has 1 aromatic heterocycles. The van der Waals surface area contributed by atoms with Gasteiger partial charge in [-0.05, 0) is 30.5 Å². The Hall–Kier alpha value is -1.91. The maximum atomic E-state index is 12.1. The molecule has 102 valence electrons. The Morgan fingerprint density at radius 2 is 2.11 bits per heavy atom. The van der Waals surface area contributed by atoms with Crippen molar-refractivity contribution in [1.82, 2.24) is 4.98 Å². The van der Waals surface area contributed by atoms with E-state index in [9.17, 15) is 13.6 Å². The van der Waals surface area contributed by atoms with E-state index in [2.05, 4.69) is 4.98 Å². The summed E-state index contributed by atoms with van der Waals surface area (Å²) < 4.78 is 29.4. The van der Waals surface area contributed by atoms with Gasteiger partial charge in [0.25, 0.3) is 0 Å². The molecule has 1 aromatic carbocycles. The molecule has 0 atom stereocenters. The second kappa shape index (κ2) is 5.82. The van der Waals surface area contributed by atoms with Gasteiger partial charge >= 0.3 is 0 Å². The van der Waals surface area contributed by atoms with E-state index in [1.807, 2.05) is 6.07 Å². The molecule has 0 aliphatic rings. The second-order valence-corrected chi connectivity index (χ2v) is 4.35. The van der Waals surface area contributed by atoms with Crippen LogP contribution in [0.5, 0.6) is 5.75 Å². The fourth-order valence-electron chi connectivity index (χ4n) is 2.09. The monoisotopic (exact) mass is 267 g/mol. The average Bonchev–Trinajstić information content (AvgIpc) is 2.37. The van der Waals surface area contributed by atoms with E-state index in [1.165, 1.54) is 6.07 Å². The Labute approximate surface area is 109 Å². The fraction of sp³-hybridized carbons (Fsp3) is 0.357. The van der Waals surface area contributed by atoms with Crippen molar-refractivity contribution in [3.63, 3.8) is 0 Å². The standard InChI is InChI=1S/C14H15F2NO2/c1-19-10-5-6-11-9(3-2-4-13(15)16)7-14(18)17-12(11)8-10/h5-8,13H,2-4H2,1H3,(H,17,18). The predicted molar refractivity (Wildman–Crippen MR) is 70.1 cm³/mol. The number of aryl methyl sites for hydroxylation is 1. The van der Waals surface area contributed by atoms with Crippen molar-refractivity contribution in [2.75, 3.05) is 7.11 Å². The van der Waals surface area contributed by atoms with Gasteiger partial charge in [0.1, 0.15) is 5.75 Å². The minimum Gasteiger partial charge on any atom is -0.497 e. The molecule has 0 aliphatic heterocycles. The van der Waals surface area contributed by atoms with Crippen molar-refractivity contribution in [1.29, 1.82) is 0 Å². The zero-order valence-electron chi connectivity index (χ0n) is 10.6. The summed E-state index contributed by atoms with van der Waals surface area (Å²) in [4.78, 5) is 14.3. The van der Waals surface area contributed by atoms with Gasteiger partial charge in [-0.25, -0.2) is 8.78 Å². The highest BCUT2D eigenvalue weighted by Gasteiger charge is 2.07. The van der Waals surface area contributed by atoms with Gasteiger partial charge < -0.3 is 9.72 Å². The van der Waals surface area contributed by atoms with Gasteiger partial charge in [-0.3, -0.25) is 4.79 Å². The number of hydrogen-bond donors (Lipinski definition) is 1. The molecular weight excluding hydrogens is 252 g/mol. The molecule has 3 nitrogen and oxygen atoms in total. The van der Waals surface area contributed by atoms with Crippen LogP contribution in [0, 0.1) is 0 Å². The number of methoxy groups -OCH3 is 1. The molecule has 0 radical (unpaired) electrons. The lowest BCUT2D eigenvalue weighted by Crippen LogP contribution is -2.07. The summed E-state index contributed by atoms with van der Waals surface area (Å²) in [5, 5.41) is 0.870. The summed E-state index contributed by atoms with van der Waals surface area (Å²) in [6.45, 7) is 0. The minimum absolute atomic E-state index is 0.148. The molecule has 0 fully saturated rings. The van der Waals surface area contributed by atoms with Crippen LogP contribution in [0.2, 0.25) is 0 Å². The van der Waals surface area contributed by atoms with Crippen molar-refractivity contribution >= 4 is 10.9 Å². The van der Waals surface area contributed by atoms with E-state index in [-0.39, 0.29) is 12.0 Å². The zero-order chi connectivity index (χ0) is 13.8. The van der Waals surface area contributed by atoms with Gasteiger partial charge in [-0.2, -0.15) is 0 Å². The lowest BCUT2D eigenvalue weighted by atomic mass is 10.0. The number of pyridine rings is 1. The SMILES string of the molecule is COc1ccc2c(CCCC(F)F)cc(=O)[nH]c2c1. The number of H-pyrrole nitrogens is 1. The first kappa shape index (κ1) is 13.5. The molecule has 2 aromatic rings. The first-order chi connectivity index (χ1) is 9.10. The van der Waals surface area contributed by atoms with Gasteiger partial charge in [0.15, 0.2) is 0 Å². The third-order valence-electron chi connectivity index (χ3n) is 3.00. The predicted octanol–water partition coefficient (Wildman–Crippen LogP) is 3.12. The highest BCUT2D eigenvalue weighted by molar-refractivity contribution is 5.83. The Morgan fingerprint density at radius 3 is 2.79 bits per heavy atom. The van der Waals surface area contributed by atoms with Crippen LogP contribution in [-0.2, 0) is 6.42 Å². The smallest absolute Gasteiger partial charge is 0.248 e. The third-order valence-corrected chi connectivity index (χ3v) is 3.00. The summed E-state index contributed by atoms with van der Waals surface area (Å²) in [5.74, 6) is 0.646. The van der Waals surface area contributed by atoms with Crippen LogP contribution in [-0.4, -0.2) is 18.5 Å². The Balaban J connectivity index is 2.34. The molecule has 0 saturated heterocycles. The van der Waals surface area contributed by atoms with E-state index in [1.54, 1.807) is 19.2 Å². The van der Waals surface area contributed by atoms with Crippen LogP contribution < -0.4 is 10.3 Å². The summed E-state index contributed by atoms with van der Waals surface area (Å²) in [5.41, 5.74) is 1.23. The maximum absolute atomic E-state index is 12.1. The molecule has 0 spiro atoms. The van der Waals surface area contributed by atoms with Crippen LogP contribution in [0.4, 0.5) is 8.78 Å². The van der Waals surface area contributed by atoms with E-state index in [4.69, 9.17) is 4.74 Å². The molecule has 0 unspecified atom stereocenters. The van der Waals surface area contributed by atoms with Crippen molar-refractivity contribution in [3.8, 4) is 5.75 Å². The molecule has 2 rings (SSSR count). The number of benzene rings is 1. The molecule has 0 aliphatic carbocycles. The number of rotatable bonds is 5. The number of nitrogens with one attached hydrogen (secondary N) is 1. The van der Waals surface area contributed by atoms with Crippen LogP contribution >= 0.6 is 0 Å². The lowest BCUT2D eigenvalue weighted by Gasteiger charge is -2.07. The van der Waals surface area contributed by atoms with Gasteiger partial charge in [-0.15, -0.1) is 0 Å². The molecule has 0 amide bonds. The normalized spacial score (nSPS) is 11.2. The second-order valence-electron chi connectivity index (χ2n) is 4.35. The third kappa shape index (κ3) is 3.30. The van der Waals surface area contributed by atoms with Crippen LogP contribution in [0.25, 0.3) is 10.9 Å².